The number of ether oxygens (including phenoxy) is 1. The van der Waals surface area contributed by atoms with Crippen LogP contribution >= 0.6 is 0 Å². The Morgan fingerprint density at radius 1 is 1.24 bits per heavy atom. The Labute approximate surface area is 146 Å². The molecule has 25 heavy (non-hydrogen) atoms. The first-order valence-electron chi connectivity index (χ1n) is 8.10. The van der Waals surface area contributed by atoms with Crippen LogP contribution in [-0.2, 0) is 17.8 Å². The van der Waals surface area contributed by atoms with Crippen molar-refractivity contribution in [3.63, 3.8) is 0 Å². The van der Waals surface area contributed by atoms with Crippen molar-refractivity contribution in [2.45, 2.75) is 32.1 Å². The second-order valence-electron chi connectivity index (χ2n) is 5.85. The van der Waals surface area contributed by atoms with Crippen LogP contribution in [0.15, 0.2) is 48.5 Å². The summed E-state index contributed by atoms with van der Waals surface area (Å²) in [5.74, 6) is -0.610. The quantitative estimate of drug-likeness (QED) is 0.680. The summed E-state index contributed by atoms with van der Waals surface area (Å²) in [5, 5.41) is 12.5. The molecule has 0 spiro atoms. The van der Waals surface area contributed by atoms with Gasteiger partial charge in [0.25, 0.3) is 0 Å². The molecule has 5 nitrogen and oxygen atoms in total. The minimum Gasteiger partial charge on any atom is -0.486 e. The number of benzene rings is 2. The molecule has 2 aromatic carbocycles. The maximum absolute atomic E-state index is 14.2. The summed E-state index contributed by atoms with van der Waals surface area (Å²) in [4.78, 5) is 11.2. The topological polar surface area (TPSA) is 84.6 Å². The molecule has 134 valence electrons. The van der Waals surface area contributed by atoms with E-state index in [1.807, 2.05) is 30.3 Å². The molecule has 0 aliphatic heterocycles. The van der Waals surface area contributed by atoms with Gasteiger partial charge in [-0.15, -0.1) is 0 Å². The Kier molecular flexibility index (Phi) is 6.91. The molecule has 2 atom stereocenters. The van der Waals surface area contributed by atoms with Crippen LogP contribution in [0.5, 0.6) is 5.75 Å². The molecule has 0 saturated heterocycles. The highest BCUT2D eigenvalue weighted by Gasteiger charge is 2.20. The lowest BCUT2D eigenvalue weighted by Gasteiger charge is -2.22. The number of aliphatic hydroxyl groups excluding tert-OH is 1. The van der Waals surface area contributed by atoms with Gasteiger partial charge in [0.2, 0.25) is 5.91 Å². The first kappa shape index (κ1) is 18.9. The highest BCUT2D eigenvalue weighted by atomic mass is 19.1. The van der Waals surface area contributed by atoms with E-state index < -0.39 is 18.0 Å². The summed E-state index contributed by atoms with van der Waals surface area (Å²) in [6.45, 7) is 1.64. The smallest absolute Gasteiger partial charge is 0.217 e. The zero-order valence-corrected chi connectivity index (χ0v) is 14.1. The number of amides is 1. The minimum atomic E-state index is -0.902. The number of carbonyl (C=O) groups excluding carboxylic acids is 1. The van der Waals surface area contributed by atoms with Crippen LogP contribution in [0.2, 0.25) is 0 Å². The predicted molar refractivity (Wildman–Crippen MR) is 93.5 cm³/mol. The van der Waals surface area contributed by atoms with Gasteiger partial charge in [0.05, 0.1) is 12.1 Å². The summed E-state index contributed by atoms with van der Waals surface area (Å²) < 4.78 is 19.8. The van der Waals surface area contributed by atoms with Crippen molar-refractivity contribution >= 4 is 5.91 Å². The van der Waals surface area contributed by atoms with Gasteiger partial charge in [-0.2, -0.15) is 0 Å². The monoisotopic (exact) mass is 346 g/mol. The molecule has 0 radical (unpaired) electrons. The molecular weight excluding hydrogens is 323 g/mol. The molecule has 0 aliphatic rings. The molecule has 0 heterocycles. The molecule has 6 heteroatoms. The van der Waals surface area contributed by atoms with Gasteiger partial charge in [-0.3, -0.25) is 4.79 Å². The van der Waals surface area contributed by atoms with Crippen molar-refractivity contribution < 1.29 is 19.0 Å². The highest BCUT2D eigenvalue weighted by Crippen LogP contribution is 2.21. The predicted octanol–water partition coefficient (Wildman–Crippen LogP) is 1.77. The Morgan fingerprint density at radius 2 is 1.96 bits per heavy atom. The second kappa shape index (κ2) is 9.15. The molecule has 2 rings (SSSR count). The van der Waals surface area contributed by atoms with Gasteiger partial charge < -0.3 is 20.9 Å². The lowest BCUT2D eigenvalue weighted by Crippen LogP contribution is -2.47. The van der Waals surface area contributed by atoms with E-state index >= 15 is 0 Å². The number of halogens is 1. The third-order valence-corrected chi connectivity index (χ3v) is 3.78. The summed E-state index contributed by atoms with van der Waals surface area (Å²) >= 11 is 0. The summed E-state index contributed by atoms with van der Waals surface area (Å²) in [7, 11) is 0. The van der Waals surface area contributed by atoms with E-state index in [0.29, 0.717) is 5.56 Å². The Morgan fingerprint density at radius 3 is 2.56 bits per heavy atom. The molecule has 1 amide bonds. The number of hydrogen-bond donors (Lipinski definition) is 3. The van der Waals surface area contributed by atoms with E-state index in [9.17, 15) is 14.3 Å². The SMILES string of the molecule is CC(=O)N[C@@H](Cc1ccc(OCc2ccccc2)c(F)c1)[C@H](O)CN. The Balaban J connectivity index is 2.03. The molecule has 4 N–H and O–H groups in total. The van der Waals surface area contributed by atoms with E-state index in [0.717, 1.165) is 5.56 Å². The van der Waals surface area contributed by atoms with Crippen LogP contribution in [0.25, 0.3) is 0 Å². The molecule has 0 bridgehead atoms. The van der Waals surface area contributed by atoms with E-state index in [1.54, 1.807) is 12.1 Å². The lowest BCUT2D eigenvalue weighted by molar-refractivity contribution is -0.120. The molecule has 2 aromatic rings. The van der Waals surface area contributed by atoms with E-state index in [-0.39, 0.29) is 31.2 Å². The van der Waals surface area contributed by atoms with Crippen molar-refractivity contribution in [2.24, 2.45) is 5.73 Å². The largest absolute Gasteiger partial charge is 0.486 e. The highest BCUT2D eigenvalue weighted by molar-refractivity contribution is 5.73. The number of nitrogens with one attached hydrogen (secondary N) is 1. The van der Waals surface area contributed by atoms with Crippen LogP contribution in [0, 0.1) is 5.82 Å². The van der Waals surface area contributed by atoms with Gasteiger partial charge in [-0.1, -0.05) is 36.4 Å². The fourth-order valence-corrected chi connectivity index (χ4v) is 2.49. The van der Waals surface area contributed by atoms with Crippen LogP contribution in [0.4, 0.5) is 4.39 Å². The molecular formula is C19H23FN2O3. The van der Waals surface area contributed by atoms with Crippen molar-refractivity contribution in [3.05, 3.63) is 65.5 Å². The number of nitrogens with two attached hydrogens (primary N) is 1. The molecule has 0 aromatic heterocycles. The average molecular weight is 346 g/mol. The standard InChI is InChI=1S/C19H23FN2O3/c1-13(23)22-17(18(24)11-21)10-15-7-8-19(16(20)9-15)25-12-14-5-3-2-4-6-14/h2-9,17-18,24H,10-12,21H2,1H3,(H,22,23)/t17-,18+/m0/s1. The number of hydrogen-bond acceptors (Lipinski definition) is 4. The van der Waals surface area contributed by atoms with Gasteiger partial charge in [0, 0.05) is 13.5 Å². The van der Waals surface area contributed by atoms with Crippen molar-refractivity contribution in [1.82, 2.24) is 5.32 Å². The van der Waals surface area contributed by atoms with Crippen LogP contribution in [0.1, 0.15) is 18.1 Å². The van der Waals surface area contributed by atoms with Gasteiger partial charge in [0.15, 0.2) is 11.6 Å². The van der Waals surface area contributed by atoms with Gasteiger partial charge >= 0.3 is 0 Å². The third kappa shape index (κ3) is 5.85. The molecule has 0 saturated carbocycles. The Bertz CT molecular complexity index is 694. The number of rotatable bonds is 8. The Hall–Kier alpha value is -2.44. The zero-order chi connectivity index (χ0) is 18.2. The second-order valence-corrected chi connectivity index (χ2v) is 5.85. The third-order valence-electron chi connectivity index (χ3n) is 3.78. The van der Waals surface area contributed by atoms with Gasteiger partial charge in [-0.25, -0.2) is 4.39 Å². The zero-order valence-electron chi connectivity index (χ0n) is 14.1. The first-order chi connectivity index (χ1) is 12.0. The fraction of sp³-hybridized carbons (Fsp3) is 0.316. The van der Waals surface area contributed by atoms with Gasteiger partial charge in [-0.05, 0) is 29.7 Å². The summed E-state index contributed by atoms with van der Waals surface area (Å²) in [6, 6.07) is 13.5. The van der Waals surface area contributed by atoms with E-state index in [4.69, 9.17) is 10.5 Å². The molecule has 0 fully saturated rings. The fourth-order valence-electron chi connectivity index (χ4n) is 2.49. The van der Waals surface area contributed by atoms with Crippen molar-refractivity contribution in [1.29, 1.82) is 0 Å². The lowest BCUT2D eigenvalue weighted by atomic mass is 10.0. The first-order valence-corrected chi connectivity index (χ1v) is 8.10. The number of carbonyl (C=O) groups is 1. The van der Waals surface area contributed by atoms with Crippen molar-refractivity contribution in [3.8, 4) is 5.75 Å². The van der Waals surface area contributed by atoms with Crippen molar-refractivity contribution in [2.75, 3.05) is 6.54 Å². The minimum absolute atomic E-state index is 0.00565. The summed E-state index contributed by atoms with van der Waals surface area (Å²) in [5.41, 5.74) is 7.04. The number of aliphatic hydroxyl groups is 1. The maximum Gasteiger partial charge on any atom is 0.217 e. The van der Waals surface area contributed by atoms with E-state index in [2.05, 4.69) is 5.32 Å². The summed E-state index contributed by atoms with van der Waals surface area (Å²) in [6.07, 6.45) is -0.630. The maximum atomic E-state index is 14.2. The van der Waals surface area contributed by atoms with Gasteiger partial charge in [0.1, 0.15) is 6.61 Å². The van der Waals surface area contributed by atoms with Crippen LogP contribution in [-0.4, -0.2) is 29.7 Å². The molecule has 0 aliphatic carbocycles. The van der Waals surface area contributed by atoms with Crippen LogP contribution < -0.4 is 15.8 Å². The van der Waals surface area contributed by atoms with Crippen LogP contribution in [0.3, 0.4) is 0 Å². The average Bonchev–Trinajstić information content (AvgIpc) is 2.60. The normalized spacial score (nSPS) is 13.1. The van der Waals surface area contributed by atoms with E-state index in [1.165, 1.54) is 13.0 Å². The molecule has 0 unspecified atom stereocenters.